The molecule has 0 aromatic carbocycles. The van der Waals surface area contributed by atoms with Crippen molar-refractivity contribution in [2.24, 2.45) is 5.73 Å². The number of methoxy groups -OCH3 is 2. The summed E-state index contributed by atoms with van der Waals surface area (Å²) in [4.78, 5) is 3.97. The predicted octanol–water partition coefficient (Wildman–Crippen LogP) is 0.383. The van der Waals surface area contributed by atoms with Crippen molar-refractivity contribution in [1.82, 2.24) is 4.98 Å². The largest absolute Gasteiger partial charge is 0.481 e. The molecule has 0 bridgehead atoms. The summed E-state index contributed by atoms with van der Waals surface area (Å²) in [6.45, 7) is 0. The quantitative estimate of drug-likeness (QED) is 0.522. The Labute approximate surface area is 76.0 Å². The van der Waals surface area contributed by atoms with Crippen LogP contribution in [0.1, 0.15) is 5.56 Å². The zero-order valence-electron chi connectivity index (χ0n) is 7.50. The average molecular weight is 181 g/mol. The number of hydrogen-bond donors (Lipinski definition) is 2. The van der Waals surface area contributed by atoms with Crippen LogP contribution in [0.25, 0.3) is 0 Å². The van der Waals surface area contributed by atoms with Crippen LogP contribution in [0.4, 0.5) is 0 Å². The lowest BCUT2D eigenvalue weighted by Crippen LogP contribution is -2.13. The molecule has 0 saturated heterocycles. The van der Waals surface area contributed by atoms with Crippen molar-refractivity contribution in [3.8, 4) is 11.8 Å². The SMILES string of the molecule is COc1ccc(C(=N)N)c(OC)n1. The molecule has 70 valence electrons. The van der Waals surface area contributed by atoms with E-state index in [0.29, 0.717) is 17.3 Å². The summed E-state index contributed by atoms with van der Waals surface area (Å²) in [6, 6.07) is 3.26. The maximum atomic E-state index is 7.22. The molecule has 0 saturated carbocycles. The second kappa shape index (κ2) is 3.75. The van der Waals surface area contributed by atoms with Crippen LogP contribution in [0.3, 0.4) is 0 Å². The van der Waals surface area contributed by atoms with Crippen molar-refractivity contribution in [1.29, 1.82) is 5.41 Å². The van der Waals surface area contributed by atoms with Gasteiger partial charge in [-0.3, -0.25) is 5.41 Å². The van der Waals surface area contributed by atoms with Gasteiger partial charge in [0, 0.05) is 6.07 Å². The van der Waals surface area contributed by atoms with Gasteiger partial charge < -0.3 is 15.2 Å². The first-order valence-electron chi connectivity index (χ1n) is 3.62. The number of aromatic nitrogens is 1. The Kier molecular flexibility index (Phi) is 2.69. The van der Waals surface area contributed by atoms with Gasteiger partial charge >= 0.3 is 0 Å². The van der Waals surface area contributed by atoms with Gasteiger partial charge in [-0.25, -0.2) is 0 Å². The van der Waals surface area contributed by atoms with E-state index in [1.54, 1.807) is 12.1 Å². The first kappa shape index (κ1) is 9.31. The van der Waals surface area contributed by atoms with Gasteiger partial charge in [-0.05, 0) is 6.07 Å². The zero-order chi connectivity index (χ0) is 9.84. The molecule has 0 aliphatic rings. The average Bonchev–Trinajstić information content (AvgIpc) is 2.16. The molecule has 0 spiro atoms. The predicted molar refractivity (Wildman–Crippen MR) is 48.4 cm³/mol. The summed E-state index contributed by atoms with van der Waals surface area (Å²) in [5.74, 6) is 0.653. The molecule has 5 nitrogen and oxygen atoms in total. The van der Waals surface area contributed by atoms with Crippen molar-refractivity contribution in [2.75, 3.05) is 14.2 Å². The van der Waals surface area contributed by atoms with E-state index in [2.05, 4.69) is 4.98 Å². The van der Waals surface area contributed by atoms with E-state index in [-0.39, 0.29) is 5.84 Å². The molecule has 0 atom stereocenters. The lowest BCUT2D eigenvalue weighted by molar-refractivity contribution is 0.364. The highest BCUT2D eigenvalue weighted by molar-refractivity contribution is 5.97. The number of nitrogen functional groups attached to an aromatic ring is 1. The number of amidine groups is 1. The van der Waals surface area contributed by atoms with Gasteiger partial charge in [0.2, 0.25) is 11.8 Å². The Balaban J connectivity index is 3.15. The molecule has 0 fully saturated rings. The molecule has 1 heterocycles. The summed E-state index contributed by atoms with van der Waals surface area (Å²) in [6.07, 6.45) is 0. The minimum atomic E-state index is -0.0768. The molecular formula is C8H11N3O2. The first-order valence-corrected chi connectivity index (χ1v) is 3.62. The normalized spacial score (nSPS) is 9.38. The van der Waals surface area contributed by atoms with Crippen molar-refractivity contribution in [3.63, 3.8) is 0 Å². The van der Waals surface area contributed by atoms with Gasteiger partial charge in [0.1, 0.15) is 5.84 Å². The molecule has 0 unspecified atom stereocenters. The molecule has 1 aromatic rings. The van der Waals surface area contributed by atoms with Crippen LogP contribution in [0.2, 0.25) is 0 Å². The van der Waals surface area contributed by atoms with E-state index in [4.69, 9.17) is 20.6 Å². The van der Waals surface area contributed by atoms with Gasteiger partial charge in [-0.1, -0.05) is 0 Å². The summed E-state index contributed by atoms with van der Waals surface area (Å²) in [7, 11) is 2.98. The fourth-order valence-corrected chi connectivity index (χ4v) is 0.898. The van der Waals surface area contributed by atoms with Gasteiger partial charge in [0.05, 0.1) is 19.8 Å². The van der Waals surface area contributed by atoms with Crippen LogP contribution < -0.4 is 15.2 Å². The lowest BCUT2D eigenvalue weighted by atomic mass is 10.2. The fraction of sp³-hybridized carbons (Fsp3) is 0.250. The Morgan fingerprint density at radius 3 is 2.54 bits per heavy atom. The van der Waals surface area contributed by atoms with Crippen molar-refractivity contribution >= 4 is 5.84 Å². The second-order valence-electron chi connectivity index (χ2n) is 2.32. The smallest absolute Gasteiger partial charge is 0.227 e. The van der Waals surface area contributed by atoms with Crippen LogP contribution in [0, 0.1) is 5.41 Å². The monoisotopic (exact) mass is 181 g/mol. The molecule has 1 rings (SSSR count). The van der Waals surface area contributed by atoms with Crippen LogP contribution in [-0.2, 0) is 0 Å². The van der Waals surface area contributed by atoms with E-state index in [0.717, 1.165) is 0 Å². The lowest BCUT2D eigenvalue weighted by Gasteiger charge is -2.06. The van der Waals surface area contributed by atoms with Gasteiger partial charge in [-0.15, -0.1) is 0 Å². The van der Waals surface area contributed by atoms with Gasteiger partial charge in [0.25, 0.3) is 0 Å². The number of pyridine rings is 1. The third kappa shape index (κ3) is 1.87. The molecular weight excluding hydrogens is 170 g/mol. The van der Waals surface area contributed by atoms with Gasteiger partial charge in [-0.2, -0.15) is 4.98 Å². The zero-order valence-corrected chi connectivity index (χ0v) is 7.50. The minimum Gasteiger partial charge on any atom is -0.481 e. The summed E-state index contributed by atoms with van der Waals surface area (Å²) in [5.41, 5.74) is 5.77. The molecule has 0 aliphatic heterocycles. The first-order chi connectivity index (χ1) is 6.19. The van der Waals surface area contributed by atoms with E-state index in [9.17, 15) is 0 Å². The fourth-order valence-electron chi connectivity index (χ4n) is 0.898. The van der Waals surface area contributed by atoms with Crippen molar-refractivity contribution in [2.45, 2.75) is 0 Å². The highest BCUT2D eigenvalue weighted by Gasteiger charge is 2.08. The molecule has 0 aliphatic carbocycles. The summed E-state index contributed by atoms with van der Waals surface area (Å²) < 4.78 is 9.83. The maximum absolute atomic E-state index is 7.22. The van der Waals surface area contributed by atoms with E-state index >= 15 is 0 Å². The maximum Gasteiger partial charge on any atom is 0.227 e. The highest BCUT2D eigenvalue weighted by atomic mass is 16.5. The van der Waals surface area contributed by atoms with Crippen LogP contribution >= 0.6 is 0 Å². The molecule has 13 heavy (non-hydrogen) atoms. The number of nitrogens with one attached hydrogen (secondary N) is 1. The van der Waals surface area contributed by atoms with Crippen molar-refractivity contribution < 1.29 is 9.47 Å². The van der Waals surface area contributed by atoms with Crippen molar-refractivity contribution in [3.05, 3.63) is 17.7 Å². The number of nitrogens with zero attached hydrogens (tertiary/aromatic N) is 1. The highest BCUT2D eigenvalue weighted by Crippen LogP contribution is 2.18. The molecule has 3 N–H and O–H groups in total. The number of ether oxygens (including phenoxy) is 2. The molecule has 1 aromatic heterocycles. The Morgan fingerprint density at radius 1 is 1.38 bits per heavy atom. The minimum absolute atomic E-state index is 0.0768. The number of hydrogen-bond acceptors (Lipinski definition) is 4. The summed E-state index contributed by atoms with van der Waals surface area (Å²) >= 11 is 0. The van der Waals surface area contributed by atoms with E-state index in [1.807, 2.05) is 0 Å². The Hall–Kier alpha value is -1.78. The number of rotatable bonds is 3. The molecule has 0 radical (unpaired) electrons. The third-order valence-corrected chi connectivity index (χ3v) is 1.53. The van der Waals surface area contributed by atoms with Crippen LogP contribution in [-0.4, -0.2) is 25.0 Å². The Bertz CT molecular complexity index is 325. The standard InChI is InChI=1S/C8H11N3O2/c1-12-6-4-3-5(7(9)10)8(11-6)13-2/h3-4H,1-2H3,(H3,9,10). The Morgan fingerprint density at radius 2 is 2.08 bits per heavy atom. The van der Waals surface area contributed by atoms with Gasteiger partial charge in [0.15, 0.2) is 0 Å². The second-order valence-corrected chi connectivity index (χ2v) is 2.32. The van der Waals surface area contributed by atoms with E-state index < -0.39 is 0 Å². The topological polar surface area (TPSA) is 81.2 Å². The summed E-state index contributed by atoms with van der Waals surface area (Å²) in [5, 5.41) is 7.22. The third-order valence-electron chi connectivity index (χ3n) is 1.53. The van der Waals surface area contributed by atoms with Crippen LogP contribution in [0.15, 0.2) is 12.1 Å². The molecule has 0 amide bonds. The number of nitrogens with two attached hydrogens (primary N) is 1. The van der Waals surface area contributed by atoms with E-state index in [1.165, 1.54) is 14.2 Å². The van der Waals surface area contributed by atoms with Crippen LogP contribution in [0.5, 0.6) is 11.8 Å². The molecule has 5 heteroatoms.